The molecule has 25 heavy (non-hydrogen) atoms. The Hall–Kier alpha value is -1.56. The number of hydrogen-bond donors (Lipinski definition) is 2. The van der Waals surface area contributed by atoms with Gasteiger partial charge in [0, 0.05) is 38.2 Å². The van der Waals surface area contributed by atoms with Gasteiger partial charge in [0.05, 0.1) is 5.69 Å². The molecule has 1 aromatic rings. The van der Waals surface area contributed by atoms with Crippen LogP contribution in [0, 0.1) is 5.92 Å². The topological polar surface area (TPSA) is 65.7 Å². The van der Waals surface area contributed by atoms with Gasteiger partial charge in [0.1, 0.15) is 5.76 Å². The normalized spacial score (nSPS) is 17.3. The molecule has 0 bridgehead atoms. The highest BCUT2D eigenvalue weighted by atomic mass is 16.5. The van der Waals surface area contributed by atoms with Gasteiger partial charge in [-0.25, -0.2) is 0 Å². The minimum atomic E-state index is 0.550. The molecule has 2 heterocycles. The molecule has 2 N–H and O–H groups in total. The molecule has 1 aliphatic heterocycles. The third-order valence-electron chi connectivity index (χ3n) is 5.12. The van der Waals surface area contributed by atoms with E-state index in [0.29, 0.717) is 18.5 Å². The number of nitrogens with one attached hydrogen (secondary N) is 2. The number of hydrogen-bond acceptors (Lipinski definition) is 4. The fourth-order valence-electron chi connectivity index (χ4n) is 3.59. The standard InChI is InChI=1S/C19H35N5O/c1-6-16-15(18(7-2)25-23-16)12-21-19(20-5)22-13-17(14(3)4)24-10-8-9-11-24/h14,17H,6-13H2,1-5H3,(H2,20,21,22). The summed E-state index contributed by atoms with van der Waals surface area (Å²) in [5.41, 5.74) is 2.21. The molecule has 1 fully saturated rings. The zero-order valence-corrected chi connectivity index (χ0v) is 16.6. The lowest BCUT2D eigenvalue weighted by Crippen LogP contribution is -2.48. The maximum absolute atomic E-state index is 5.44. The molecule has 0 saturated carbocycles. The smallest absolute Gasteiger partial charge is 0.191 e. The van der Waals surface area contributed by atoms with Crippen LogP contribution in [0.25, 0.3) is 0 Å². The summed E-state index contributed by atoms with van der Waals surface area (Å²) < 4.78 is 5.44. The van der Waals surface area contributed by atoms with Crippen LogP contribution in [0.5, 0.6) is 0 Å². The summed E-state index contributed by atoms with van der Waals surface area (Å²) in [4.78, 5) is 6.99. The Kier molecular flexibility index (Phi) is 7.75. The molecule has 1 unspecified atom stereocenters. The third-order valence-corrected chi connectivity index (χ3v) is 5.12. The fraction of sp³-hybridized carbons (Fsp3) is 0.789. The van der Waals surface area contributed by atoms with Crippen LogP contribution in [0.3, 0.4) is 0 Å². The Bertz CT molecular complexity index is 525. The largest absolute Gasteiger partial charge is 0.361 e. The SMILES string of the molecule is CCc1noc(CC)c1CNC(=NC)NCC(C(C)C)N1CCCC1. The summed E-state index contributed by atoms with van der Waals surface area (Å²) >= 11 is 0. The molecule has 6 heteroatoms. The summed E-state index contributed by atoms with van der Waals surface area (Å²) in [5.74, 6) is 2.44. The molecule has 0 spiro atoms. The van der Waals surface area contributed by atoms with Crippen molar-refractivity contribution in [3.8, 4) is 0 Å². The number of aliphatic imine (C=N–C) groups is 1. The Morgan fingerprint density at radius 2 is 1.92 bits per heavy atom. The number of rotatable bonds is 8. The Morgan fingerprint density at radius 1 is 1.20 bits per heavy atom. The van der Waals surface area contributed by atoms with Gasteiger partial charge in [0.15, 0.2) is 5.96 Å². The van der Waals surface area contributed by atoms with E-state index in [1.165, 1.54) is 31.5 Å². The summed E-state index contributed by atoms with van der Waals surface area (Å²) in [6, 6.07) is 0.550. The fourth-order valence-corrected chi connectivity index (χ4v) is 3.59. The summed E-state index contributed by atoms with van der Waals surface area (Å²) in [6.07, 6.45) is 4.39. The van der Waals surface area contributed by atoms with Crippen molar-refractivity contribution in [3.05, 3.63) is 17.0 Å². The van der Waals surface area contributed by atoms with Crippen LogP contribution in [-0.2, 0) is 19.4 Å². The predicted molar refractivity (Wildman–Crippen MR) is 103 cm³/mol. The van der Waals surface area contributed by atoms with Gasteiger partial charge in [0.25, 0.3) is 0 Å². The van der Waals surface area contributed by atoms with E-state index in [2.05, 4.69) is 53.4 Å². The van der Waals surface area contributed by atoms with Crippen LogP contribution in [-0.4, -0.2) is 48.7 Å². The molecule has 0 radical (unpaired) electrons. The van der Waals surface area contributed by atoms with Crippen molar-refractivity contribution >= 4 is 5.96 Å². The quantitative estimate of drug-likeness (QED) is 0.558. The lowest BCUT2D eigenvalue weighted by atomic mass is 10.0. The van der Waals surface area contributed by atoms with Crippen LogP contribution in [0.2, 0.25) is 0 Å². The summed E-state index contributed by atoms with van der Waals surface area (Å²) in [7, 11) is 1.82. The molecule has 0 aromatic carbocycles. The van der Waals surface area contributed by atoms with Gasteiger partial charge in [-0.2, -0.15) is 0 Å². The predicted octanol–water partition coefficient (Wildman–Crippen LogP) is 2.58. The monoisotopic (exact) mass is 349 g/mol. The summed E-state index contributed by atoms with van der Waals surface area (Å²) in [6.45, 7) is 12.9. The number of nitrogens with zero attached hydrogens (tertiary/aromatic N) is 3. The first kappa shape index (κ1) is 19.8. The minimum Gasteiger partial charge on any atom is -0.361 e. The molecule has 142 valence electrons. The maximum Gasteiger partial charge on any atom is 0.191 e. The number of aromatic nitrogens is 1. The zero-order chi connectivity index (χ0) is 18.2. The van der Waals surface area contributed by atoms with Gasteiger partial charge in [-0.3, -0.25) is 9.89 Å². The second kappa shape index (κ2) is 9.80. The highest BCUT2D eigenvalue weighted by molar-refractivity contribution is 5.79. The number of likely N-dealkylation sites (tertiary alicyclic amines) is 1. The number of aryl methyl sites for hydroxylation is 2. The van der Waals surface area contributed by atoms with Crippen LogP contribution < -0.4 is 10.6 Å². The molecule has 2 rings (SSSR count). The van der Waals surface area contributed by atoms with E-state index in [9.17, 15) is 0 Å². The van der Waals surface area contributed by atoms with E-state index in [1.54, 1.807) is 0 Å². The van der Waals surface area contributed by atoms with E-state index in [4.69, 9.17) is 4.52 Å². The van der Waals surface area contributed by atoms with Gasteiger partial charge < -0.3 is 15.2 Å². The van der Waals surface area contributed by atoms with Crippen LogP contribution in [0.1, 0.15) is 57.6 Å². The van der Waals surface area contributed by atoms with E-state index >= 15 is 0 Å². The average Bonchev–Trinajstić information content (AvgIpc) is 3.26. The molecule has 0 aliphatic carbocycles. The van der Waals surface area contributed by atoms with Gasteiger partial charge in [-0.1, -0.05) is 32.9 Å². The highest BCUT2D eigenvalue weighted by Crippen LogP contribution is 2.17. The molecule has 1 aliphatic rings. The first-order valence-corrected chi connectivity index (χ1v) is 9.75. The van der Waals surface area contributed by atoms with Gasteiger partial charge in [-0.05, 0) is 38.3 Å². The second-order valence-electron chi connectivity index (χ2n) is 7.10. The molecule has 1 atom stereocenters. The minimum absolute atomic E-state index is 0.550. The average molecular weight is 350 g/mol. The van der Waals surface area contributed by atoms with E-state index in [-0.39, 0.29) is 0 Å². The highest BCUT2D eigenvalue weighted by Gasteiger charge is 2.24. The zero-order valence-electron chi connectivity index (χ0n) is 16.6. The van der Waals surface area contributed by atoms with Gasteiger partial charge in [0.2, 0.25) is 0 Å². The first-order valence-electron chi connectivity index (χ1n) is 9.75. The van der Waals surface area contributed by atoms with Crippen molar-refractivity contribution in [2.75, 3.05) is 26.7 Å². The Balaban J connectivity index is 1.91. The number of guanidine groups is 1. The van der Waals surface area contributed by atoms with Crippen molar-refractivity contribution in [3.63, 3.8) is 0 Å². The molecular weight excluding hydrogens is 314 g/mol. The molecular formula is C19H35N5O. The molecule has 6 nitrogen and oxygen atoms in total. The second-order valence-corrected chi connectivity index (χ2v) is 7.10. The lowest BCUT2D eigenvalue weighted by molar-refractivity contribution is 0.192. The summed E-state index contributed by atoms with van der Waals surface area (Å²) in [5, 5.41) is 11.1. The van der Waals surface area contributed by atoms with Crippen molar-refractivity contribution in [1.29, 1.82) is 0 Å². The molecule has 1 aromatic heterocycles. The van der Waals surface area contributed by atoms with Gasteiger partial charge in [-0.15, -0.1) is 0 Å². The molecule has 1 saturated heterocycles. The van der Waals surface area contributed by atoms with Gasteiger partial charge >= 0.3 is 0 Å². The van der Waals surface area contributed by atoms with Crippen LogP contribution >= 0.6 is 0 Å². The van der Waals surface area contributed by atoms with E-state index in [0.717, 1.165) is 36.8 Å². The van der Waals surface area contributed by atoms with Crippen LogP contribution in [0.4, 0.5) is 0 Å². The molecule has 0 amide bonds. The van der Waals surface area contributed by atoms with Crippen LogP contribution in [0.15, 0.2) is 9.52 Å². The lowest BCUT2D eigenvalue weighted by Gasteiger charge is -2.31. The first-order chi connectivity index (χ1) is 12.1. The third kappa shape index (κ3) is 5.21. The van der Waals surface area contributed by atoms with Crippen molar-refractivity contribution in [2.24, 2.45) is 10.9 Å². The van der Waals surface area contributed by atoms with E-state index < -0.39 is 0 Å². The van der Waals surface area contributed by atoms with Crippen molar-refractivity contribution in [1.82, 2.24) is 20.7 Å². The Morgan fingerprint density at radius 3 is 2.48 bits per heavy atom. The van der Waals surface area contributed by atoms with Crippen molar-refractivity contribution in [2.45, 2.75) is 66.0 Å². The maximum atomic E-state index is 5.44. The Labute approximate surface area is 152 Å². The van der Waals surface area contributed by atoms with E-state index in [1.807, 2.05) is 7.05 Å². The van der Waals surface area contributed by atoms with Crippen molar-refractivity contribution < 1.29 is 4.52 Å².